The van der Waals surface area contributed by atoms with Gasteiger partial charge >= 0.3 is 0 Å². The standard InChI is InChI=1S/C16H13NO4S2/c1-20-9-3-5-12(21-2)11(7-9)13-6-4-10(22-13)8-14-15(18)17-16(19)23-14/h3-8H,1-2H3,(H,17,18,19). The molecule has 1 aromatic heterocycles. The lowest BCUT2D eigenvalue weighted by molar-refractivity contribution is -0.115. The van der Waals surface area contributed by atoms with E-state index in [1.54, 1.807) is 20.3 Å². The molecule has 2 amide bonds. The zero-order chi connectivity index (χ0) is 16.4. The Bertz CT molecular complexity index is 810. The number of amides is 2. The van der Waals surface area contributed by atoms with Gasteiger partial charge < -0.3 is 9.47 Å². The van der Waals surface area contributed by atoms with E-state index in [1.807, 2.05) is 30.3 Å². The van der Waals surface area contributed by atoms with Gasteiger partial charge in [0.1, 0.15) is 11.5 Å². The summed E-state index contributed by atoms with van der Waals surface area (Å²) in [4.78, 5) is 25.1. The minimum Gasteiger partial charge on any atom is -0.497 e. The fourth-order valence-corrected chi connectivity index (χ4v) is 3.85. The number of hydrogen-bond donors (Lipinski definition) is 1. The van der Waals surface area contributed by atoms with E-state index >= 15 is 0 Å². The van der Waals surface area contributed by atoms with Gasteiger partial charge in [-0.05, 0) is 48.2 Å². The fraction of sp³-hybridized carbons (Fsp3) is 0.125. The molecule has 0 bridgehead atoms. The van der Waals surface area contributed by atoms with Crippen LogP contribution < -0.4 is 14.8 Å². The van der Waals surface area contributed by atoms with Crippen molar-refractivity contribution in [2.24, 2.45) is 0 Å². The third-order valence-corrected chi connectivity index (χ3v) is 5.09. The highest BCUT2D eigenvalue weighted by atomic mass is 32.2. The quantitative estimate of drug-likeness (QED) is 0.853. The fourth-order valence-electron chi connectivity index (χ4n) is 2.13. The van der Waals surface area contributed by atoms with Gasteiger partial charge in [-0.15, -0.1) is 11.3 Å². The van der Waals surface area contributed by atoms with E-state index in [9.17, 15) is 9.59 Å². The summed E-state index contributed by atoms with van der Waals surface area (Å²) in [5.41, 5.74) is 0.918. The maximum Gasteiger partial charge on any atom is 0.290 e. The largest absolute Gasteiger partial charge is 0.497 e. The molecule has 3 rings (SSSR count). The first-order valence-corrected chi connectivity index (χ1v) is 8.31. The Morgan fingerprint density at radius 2 is 1.91 bits per heavy atom. The maximum atomic E-state index is 11.6. The molecule has 23 heavy (non-hydrogen) atoms. The third kappa shape index (κ3) is 3.25. The van der Waals surface area contributed by atoms with Crippen molar-refractivity contribution in [1.82, 2.24) is 5.32 Å². The average molecular weight is 347 g/mol. The zero-order valence-electron chi connectivity index (χ0n) is 12.4. The molecule has 0 radical (unpaired) electrons. The Morgan fingerprint density at radius 1 is 1.09 bits per heavy atom. The number of carbonyl (C=O) groups is 2. The van der Waals surface area contributed by atoms with Crippen molar-refractivity contribution in [1.29, 1.82) is 0 Å². The van der Waals surface area contributed by atoms with Crippen LogP contribution in [0, 0.1) is 0 Å². The number of nitrogens with one attached hydrogen (secondary N) is 1. The van der Waals surface area contributed by atoms with Gasteiger partial charge in [-0.25, -0.2) is 0 Å². The van der Waals surface area contributed by atoms with Crippen LogP contribution in [0.4, 0.5) is 4.79 Å². The number of carbonyl (C=O) groups excluding carboxylic acids is 2. The summed E-state index contributed by atoms with van der Waals surface area (Å²) in [6.07, 6.45) is 1.71. The molecule has 2 aromatic rings. The van der Waals surface area contributed by atoms with Crippen LogP contribution in [-0.2, 0) is 4.79 Å². The van der Waals surface area contributed by atoms with E-state index in [4.69, 9.17) is 9.47 Å². The molecule has 1 N–H and O–H groups in total. The van der Waals surface area contributed by atoms with Gasteiger partial charge in [0.25, 0.3) is 11.1 Å². The molecular formula is C16H13NO4S2. The second-order valence-corrected chi connectivity index (χ2v) is 6.75. The summed E-state index contributed by atoms with van der Waals surface area (Å²) < 4.78 is 10.7. The Labute approximate surface area is 141 Å². The number of imide groups is 1. The van der Waals surface area contributed by atoms with E-state index in [0.29, 0.717) is 4.91 Å². The van der Waals surface area contributed by atoms with Crippen LogP contribution in [0.5, 0.6) is 11.5 Å². The number of ether oxygens (including phenoxy) is 2. The van der Waals surface area contributed by atoms with E-state index in [-0.39, 0.29) is 11.1 Å². The summed E-state index contributed by atoms with van der Waals surface area (Å²) in [6.45, 7) is 0. The molecule has 0 atom stereocenters. The molecule has 118 valence electrons. The summed E-state index contributed by atoms with van der Waals surface area (Å²) in [7, 11) is 3.23. The molecule has 1 aliphatic heterocycles. The predicted octanol–water partition coefficient (Wildman–Crippen LogP) is 3.76. The molecule has 2 heterocycles. The number of benzene rings is 1. The number of thioether (sulfide) groups is 1. The molecule has 7 heteroatoms. The first kappa shape index (κ1) is 15.6. The monoisotopic (exact) mass is 347 g/mol. The molecular weight excluding hydrogens is 334 g/mol. The third-order valence-electron chi connectivity index (χ3n) is 3.21. The highest BCUT2D eigenvalue weighted by Gasteiger charge is 2.25. The lowest BCUT2D eigenvalue weighted by Gasteiger charge is -2.08. The minimum atomic E-state index is -0.353. The van der Waals surface area contributed by atoms with Crippen molar-refractivity contribution in [3.8, 4) is 21.9 Å². The zero-order valence-corrected chi connectivity index (χ0v) is 14.0. The summed E-state index contributed by atoms with van der Waals surface area (Å²) in [6, 6.07) is 9.45. The molecule has 1 aromatic carbocycles. The van der Waals surface area contributed by atoms with E-state index in [1.165, 1.54) is 11.3 Å². The maximum absolute atomic E-state index is 11.6. The van der Waals surface area contributed by atoms with Gasteiger partial charge in [-0.1, -0.05) is 0 Å². The number of hydrogen-bond acceptors (Lipinski definition) is 6. The Kier molecular flexibility index (Phi) is 4.40. The van der Waals surface area contributed by atoms with Crippen molar-refractivity contribution >= 4 is 40.3 Å². The molecule has 0 saturated carbocycles. The Balaban J connectivity index is 1.95. The molecule has 0 aliphatic carbocycles. The topological polar surface area (TPSA) is 64.6 Å². The van der Waals surface area contributed by atoms with Crippen LogP contribution in [0.15, 0.2) is 35.2 Å². The van der Waals surface area contributed by atoms with Crippen LogP contribution in [0.25, 0.3) is 16.5 Å². The smallest absolute Gasteiger partial charge is 0.290 e. The molecule has 0 unspecified atom stereocenters. The van der Waals surface area contributed by atoms with Crippen molar-refractivity contribution in [2.75, 3.05) is 14.2 Å². The number of methoxy groups -OCH3 is 2. The van der Waals surface area contributed by atoms with Crippen molar-refractivity contribution in [2.45, 2.75) is 0 Å². The van der Waals surface area contributed by atoms with Gasteiger partial charge in [-0.2, -0.15) is 0 Å². The Hall–Kier alpha value is -2.25. The normalized spacial score (nSPS) is 15.8. The van der Waals surface area contributed by atoms with Gasteiger partial charge in [-0.3, -0.25) is 14.9 Å². The average Bonchev–Trinajstić information content (AvgIpc) is 3.13. The first-order chi connectivity index (χ1) is 11.1. The Morgan fingerprint density at radius 3 is 2.57 bits per heavy atom. The van der Waals surface area contributed by atoms with Crippen LogP contribution in [0.2, 0.25) is 0 Å². The van der Waals surface area contributed by atoms with Crippen molar-refractivity contribution in [3.63, 3.8) is 0 Å². The van der Waals surface area contributed by atoms with Gasteiger partial charge in [0, 0.05) is 15.3 Å². The van der Waals surface area contributed by atoms with Crippen LogP contribution in [0.1, 0.15) is 4.88 Å². The number of thiophene rings is 1. The predicted molar refractivity (Wildman–Crippen MR) is 92.0 cm³/mol. The first-order valence-electron chi connectivity index (χ1n) is 6.68. The second-order valence-electron chi connectivity index (χ2n) is 4.62. The van der Waals surface area contributed by atoms with E-state index in [2.05, 4.69) is 5.32 Å². The summed E-state index contributed by atoms with van der Waals surface area (Å²) >= 11 is 2.42. The van der Waals surface area contributed by atoms with E-state index < -0.39 is 0 Å². The van der Waals surface area contributed by atoms with Crippen molar-refractivity contribution < 1.29 is 19.1 Å². The van der Waals surface area contributed by atoms with Gasteiger partial charge in [0.05, 0.1) is 19.1 Å². The molecule has 0 spiro atoms. The SMILES string of the molecule is COc1ccc(OC)c(-c2ccc(C=C3SC(=O)NC3=O)s2)c1. The second kappa shape index (κ2) is 6.47. The van der Waals surface area contributed by atoms with Crippen LogP contribution >= 0.6 is 23.1 Å². The van der Waals surface area contributed by atoms with Crippen LogP contribution in [-0.4, -0.2) is 25.4 Å². The van der Waals surface area contributed by atoms with Crippen molar-refractivity contribution in [3.05, 3.63) is 40.1 Å². The van der Waals surface area contributed by atoms with E-state index in [0.717, 1.165) is 38.6 Å². The molecule has 1 saturated heterocycles. The molecule has 5 nitrogen and oxygen atoms in total. The van der Waals surface area contributed by atoms with Crippen LogP contribution in [0.3, 0.4) is 0 Å². The molecule has 1 aliphatic rings. The highest BCUT2D eigenvalue weighted by Crippen LogP contribution is 2.38. The minimum absolute atomic E-state index is 0.340. The lowest BCUT2D eigenvalue weighted by Crippen LogP contribution is -2.17. The van der Waals surface area contributed by atoms with Gasteiger partial charge in [0.15, 0.2) is 0 Å². The summed E-state index contributed by atoms with van der Waals surface area (Å²) in [5.74, 6) is 1.13. The lowest BCUT2D eigenvalue weighted by atomic mass is 10.1. The van der Waals surface area contributed by atoms with Gasteiger partial charge in [0.2, 0.25) is 0 Å². The molecule has 1 fully saturated rings. The number of rotatable bonds is 4. The summed E-state index contributed by atoms with van der Waals surface area (Å²) in [5, 5.41) is 1.90. The highest BCUT2D eigenvalue weighted by molar-refractivity contribution is 8.18.